The second-order valence-corrected chi connectivity index (χ2v) is 9.51. The number of nitrogens with one attached hydrogen (secondary N) is 2. The van der Waals surface area contributed by atoms with Gasteiger partial charge in [0.1, 0.15) is 23.1 Å². The maximum Gasteiger partial charge on any atom is 0.270 e. The van der Waals surface area contributed by atoms with E-state index in [0.717, 1.165) is 10.8 Å². The Morgan fingerprint density at radius 1 is 0.938 bits per heavy atom. The van der Waals surface area contributed by atoms with E-state index < -0.39 is 0 Å². The van der Waals surface area contributed by atoms with Gasteiger partial charge in [-0.15, -0.1) is 11.3 Å². The minimum absolute atomic E-state index is 0.0433. The SMILES string of the molecule is Cc1ccc(OCc2nc(C(=O)NCCNC(=O)c3ccc(C(C)(C)C)cc3)cs2)cc1. The molecule has 2 N–H and O–H groups in total. The summed E-state index contributed by atoms with van der Waals surface area (Å²) >= 11 is 1.38. The molecule has 3 rings (SSSR count). The van der Waals surface area contributed by atoms with Crippen LogP contribution in [0.15, 0.2) is 53.9 Å². The Balaban J connectivity index is 1.40. The van der Waals surface area contributed by atoms with E-state index in [0.29, 0.717) is 31.0 Å². The summed E-state index contributed by atoms with van der Waals surface area (Å²) in [5.74, 6) is 0.330. The average molecular weight is 452 g/mol. The lowest BCUT2D eigenvalue weighted by atomic mass is 9.87. The number of aryl methyl sites for hydroxylation is 1. The number of hydrogen-bond donors (Lipinski definition) is 2. The van der Waals surface area contributed by atoms with Crippen molar-refractivity contribution >= 4 is 23.2 Å². The minimum Gasteiger partial charge on any atom is -0.486 e. The van der Waals surface area contributed by atoms with E-state index >= 15 is 0 Å². The first-order valence-electron chi connectivity index (χ1n) is 10.5. The van der Waals surface area contributed by atoms with Gasteiger partial charge in [-0.3, -0.25) is 9.59 Å². The molecule has 1 aromatic heterocycles. The van der Waals surface area contributed by atoms with Crippen molar-refractivity contribution in [3.05, 3.63) is 81.3 Å². The van der Waals surface area contributed by atoms with Crippen LogP contribution in [0, 0.1) is 6.92 Å². The molecule has 3 aromatic rings. The predicted octanol–water partition coefficient (Wildman–Crippen LogP) is 4.49. The van der Waals surface area contributed by atoms with Crippen LogP contribution in [0.5, 0.6) is 5.75 Å². The third-order valence-electron chi connectivity index (χ3n) is 4.88. The molecular weight excluding hydrogens is 422 g/mol. The van der Waals surface area contributed by atoms with Crippen LogP contribution < -0.4 is 15.4 Å². The molecule has 0 spiro atoms. The lowest BCUT2D eigenvalue weighted by Crippen LogP contribution is -2.34. The summed E-state index contributed by atoms with van der Waals surface area (Å²) in [6.07, 6.45) is 0. The highest BCUT2D eigenvalue weighted by Crippen LogP contribution is 2.22. The van der Waals surface area contributed by atoms with E-state index in [-0.39, 0.29) is 17.2 Å². The van der Waals surface area contributed by atoms with Crippen LogP contribution in [-0.2, 0) is 12.0 Å². The van der Waals surface area contributed by atoms with Crippen molar-refractivity contribution in [1.82, 2.24) is 15.6 Å². The fourth-order valence-electron chi connectivity index (χ4n) is 2.93. The number of thiazole rings is 1. The zero-order valence-corrected chi connectivity index (χ0v) is 19.7. The number of benzene rings is 2. The number of nitrogens with zero attached hydrogens (tertiary/aromatic N) is 1. The van der Waals surface area contributed by atoms with Crippen LogP contribution >= 0.6 is 11.3 Å². The van der Waals surface area contributed by atoms with Crippen molar-refractivity contribution in [2.24, 2.45) is 0 Å². The molecule has 0 radical (unpaired) electrons. The molecule has 0 aliphatic rings. The quantitative estimate of drug-likeness (QED) is 0.495. The Hall–Kier alpha value is -3.19. The van der Waals surface area contributed by atoms with Crippen molar-refractivity contribution in [2.75, 3.05) is 13.1 Å². The topological polar surface area (TPSA) is 80.3 Å². The molecule has 32 heavy (non-hydrogen) atoms. The molecule has 168 valence electrons. The molecule has 0 fully saturated rings. The predicted molar refractivity (Wildman–Crippen MR) is 127 cm³/mol. The third kappa shape index (κ3) is 6.65. The van der Waals surface area contributed by atoms with Gasteiger partial charge < -0.3 is 15.4 Å². The molecular formula is C25H29N3O3S. The zero-order valence-electron chi connectivity index (χ0n) is 18.9. The first kappa shape index (κ1) is 23.5. The third-order valence-corrected chi connectivity index (χ3v) is 5.70. The van der Waals surface area contributed by atoms with Crippen LogP contribution in [-0.4, -0.2) is 29.9 Å². The minimum atomic E-state index is -0.272. The van der Waals surface area contributed by atoms with E-state index in [9.17, 15) is 9.59 Å². The summed E-state index contributed by atoms with van der Waals surface area (Å²) in [7, 11) is 0. The maximum absolute atomic E-state index is 12.3. The number of amides is 2. The first-order chi connectivity index (χ1) is 15.2. The number of carbonyl (C=O) groups excluding carboxylic acids is 2. The van der Waals surface area contributed by atoms with E-state index in [1.54, 1.807) is 5.38 Å². The highest BCUT2D eigenvalue weighted by Gasteiger charge is 2.14. The Morgan fingerprint density at radius 2 is 1.56 bits per heavy atom. The number of rotatable bonds is 8. The molecule has 0 saturated carbocycles. The number of aromatic nitrogens is 1. The van der Waals surface area contributed by atoms with Crippen molar-refractivity contribution in [3.8, 4) is 5.75 Å². The lowest BCUT2D eigenvalue weighted by Gasteiger charge is -2.19. The van der Waals surface area contributed by atoms with Crippen LogP contribution in [0.25, 0.3) is 0 Å². The highest BCUT2D eigenvalue weighted by atomic mass is 32.1. The molecule has 0 aliphatic heterocycles. The van der Waals surface area contributed by atoms with Gasteiger partial charge in [0.2, 0.25) is 0 Å². The molecule has 0 bridgehead atoms. The van der Waals surface area contributed by atoms with Gasteiger partial charge in [-0.25, -0.2) is 4.98 Å². The summed E-state index contributed by atoms with van der Waals surface area (Å²) in [4.78, 5) is 28.9. The van der Waals surface area contributed by atoms with Gasteiger partial charge in [0.25, 0.3) is 11.8 Å². The second-order valence-electron chi connectivity index (χ2n) is 8.57. The van der Waals surface area contributed by atoms with Crippen LogP contribution in [0.1, 0.15) is 57.8 Å². The van der Waals surface area contributed by atoms with Gasteiger partial charge in [0, 0.05) is 24.0 Å². The van der Waals surface area contributed by atoms with Gasteiger partial charge in [-0.1, -0.05) is 50.6 Å². The molecule has 2 amide bonds. The molecule has 0 unspecified atom stereocenters. The van der Waals surface area contributed by atoms with Crippen molar-refractivity contribution in [1.29, 1.82) is 0 Å². The zero-order chi connectivity index (χ0) is 23.1. The fraction of sp³-hybridized carbons (Fsp3) is 0.320. The summed E-state index contributed by atoms with van der Waals surface area (Å²) in [5, 5.41) is 8.03. The number of carbonyl (C=O) groups is 2. The molecule has 2 aromatic carbocycles. The molecule has 6 nitrogen and oxygen atoms in total. The van der Waals surface area contributed by atoms with E-state index in [1.165, 1.54) is 22.5 Å². The monoisotopic (exact) mass is 451 g/mol. The Kier molecular flexibility index (Phi) is 7.64. The van der Waals surface area contributed by atoms with E-state index in [1.807, 2.05) is 55.5 Å². The van der Waals surface area contributed by atoms with Crippen molar-refractivity contribution in [2.45, 2.75) is 39.7 Å². The van der Waals surface area contributed by atoms with E-state index in [2.05, 4.69) is 36.4 Å². The first-order valence-corrected chi connectivity index (χ1v) is 11.4. The maximum atomic E-state index is 12.3. The van der Waals surface area contributed by atoms with Gasteiger partial charge in [-0.2, -0.15) is 0 Å². The summed E-state index contributed by atoms with van der Waals surface area (Å²) < 4.78 is 5.70. The number of ether oxygens (including phenoxy) is 1. The number of hydrogen-bond acceptors (Lipinski definition) is 5. The molecule has 7 heteroatoms. The highest BCUT2D eigenvalue weighted by molar-refractivity contribution is 7.09. The second kappa shape index (κ2) is 10.4. The summed E-state index contributed by atoms with van der Waals surface area (Å²) in [6, 6.07) is 15.4. The van der Waals surface area contributed by atoms with Gasteiger partial charge in [-0.05, 0) is 42.2 Å². The average Bonchev–Trinajstić information content (AvgIpc) is 3.25. The fourth-order valence-corrected chi connectivity index (χ4v) is 3.61. The Bertz CT molecular complexity index is 1050. The van der Waals surface area contributed by atoms with Crippen molar-refractivity contribution in [3.63, 3.8) is 0 Å². The van der Waals surface area contributed by atoms with Gasteiger partial charge >= 0.3 is 0 Å². The van der Waals surface area contributed by atoms with Crippen LogP contribution in [0.3, 0.4) is 0 Å². The Morgan fingerprint density at radius 3 is 2.19 bits per heavy atom. The normalized spacial score (nSPS) is 11.1. The van der Waals surface area contributed by atoms with Crippen LogP contribution in [0.2, 0.25) is 0 Å². The standard InChI is InChI=1S/C25H29N3O3S/c1-17-5-11-20(12-6-17)31-15-22-28-21(16-32-22)24(30)27-14-13-26-23(29)18-7-9-19(10-8-18)25(2,3)4/h5-12,16H,13-15H2,1-4H3,(H,26,29)(H,27,30). The largest absolute Gasteiger partial charge is 0.486 e. The van der Waals surface area contributed by atoms with Gasteiger partial charge in [0.05, 0.1) is 0 Å². The van der Waals surface area contributed by atoms with E-state index in [4.69, 9.17) is 4.74 Å². The molecule has 0 saturated heterocycles. The van der Waals surface area contributed by atoms with Crippen LogP contribution in [0.4, 0.5) is 0 Å². The smallest absolute Gasteiger partial charge is 0.270 e. The summed E-state index contributed by atoms with van der Waals surface area (Å²) in [6.45, 7) is 9.38. The Labute approximate surface area is 193 Å². The van der Waals surface area contributed by atoms with Crippen molar-refractivity contribution < 1.29 is 14.3 Å². The molecule has 0 atom stereocenters. The molecule has 0 aliphatic carbocycles. The van der Waals surface area contributed by atoms with Gasteiger partial charge in [0.15, 0.2) is 0 Å². The molecule has 1 heterocycles. The lowest BCUT2D eigenvalue weighted by molar-refractivity contribution is 0.0925. The summed E-state index contributed by atoms with van der Waals surface area (Å²) in [5.41, 5.74) is 3.33.